The SMILES string of the molecule is CCOc1cc(C)c(/C=C2/NC(=O)N(c3ccccc3)C2=O)cc1C(C)C. The molecule has 0 atom stereocenters. The molecule has 0 spiro atoms. The molecular formula is C22H24N2O3. The van der Waals surface area contributed by atoms with Crippen LogP contribution in [0, 0.1) is 6.92 Å². The molecule has 0 radical (unpaired) electrons. The number of hydrogen-bond acceptors (Lipinski definition) is 3. The standard InChI is InChI=1S/C22H24N2O3/c1-5-27-20-11-15(4)16(12-18(20)14(2)3)13-19-21(25)24(22(26)23-19)17-9-7-6-8-10-17/h6-14H,5H2,1-4H3,(H,23,26)/b19-13+. The molecule has 1 N–H and O–H groups in total. The van der Waals surface area contributed by atoms with E-state index in [-0.39, 0.29) is 17.5 Å². The number of rotatable bonds is 5. The number of nitrogens with one attached hydrogen (secondary N) is 1. The summed E-state index contributed by atoms with van der Waals surface area (Å²) in [6.45, 7) is 8.73. The Morgan fingerprint density at radius 2 is 1.85 bits per heavy atom. The van der Waals surface area contributed by atoms with Crippen molar-refractivity contribution >= 4 is 23.7 Å². The molecule has 3 amide bonds. The minimum absolute atomic E-state index is 0.269. The van der Waals surface area contributed by atoms with Crippen LogP contribution in [0.4, 0.5) is 10.5 Å². The molecule has 5 heteroatoms. The van der Waals surface area contributed by atoms with Gasteiger partial charge in [-0.3, -0.25) is 4.79 Å². The van der Waals surface area contributed by atoms with Crippen molar-refractivity contribution in [2.24, 2.45) is 0 Å². The number of benzene rings is 2. The van der Waals surface area contributed by atoms with E-state index in [1.165, 1.54) is 0 Å². The van der Waals surface area contributed by atoms with Crippen molar-refractivity contribution in [3.05, 3.63) is 64.9 Å². The van der Waals surface area contributed by atoms with Gasteiger partial charge in [0.15, 0.2) is 0 Å². The Kier molecular flexibility index (Phi) is 5.31. The maximum absolute atomic E-state index is 12.8. The zero-order valence-electron chi connectivity index (χ0n) is 16.1. The predicted molar refractivity (Wildman–Crippen MR) is 107 cm³/mol. The van der Waals surface area contributed by atoms with Gasteiger partial charge in [-0.25, -0.2) is 9.69 Å². The van der Waals surface area contributed by atoms with Crippen LogP contribution >= 0.6 is 0 Å². The number of ether oxygens (including phenoxy) is 1. The van der Waals surface area contributed by atoms with Crippen LogP contribution in [0.25, 0.3) is 6.08 Å². The number of hydrogen-bond donors (Lipinski definition) is 1. The van der Waals surface area contributed by atoms with Gasteiger partial charge in [0.05, 0.1) is 12.3 Å². The van der Waals surface area contributed by atoms with Crippen molar-refractivity contribution in [3.63, 3.8) is 0 Å². The van der Waals surface area contributed by atoms with Gasteiger partial charge in [-0.1, -0.05) is 32.0 Å². The van der Waals surface area contributed by atoms with Crippen LogP contribution in [0.3, 0.4) is 0 Å². The fourth-order valence-electron chi connectivity index (χ4n) is 3.11. The zero-order valence-corrected chi connectivity index (χ0v) is 16.1. The van der Waals surface area contributed by atoms with E-state index in [1.807, 2.05) is 32.0 Å². The number of carbonyl (C=O) groups is 2. The molecule has 0 aromatic heterocycles. The molecule has 0 bridgehead atoms. The summed E-state index contributed by atoms with van der Waals surface area (Å²) in [5.41, 5.74) is 3.77. The van der Waals surface area contributed by atoms with Crippen molar-refractivity contribution in [2.45, 2.75) is 33.6 Å². The first-order chi connectivity index (χ1) is 12.9. The smallest absolute Gasteiger partial charge is 0.333 e. The molecule has 5 nitrogen and oxygen atoms in total. The molecule has 27 heavy (non-hydrogen) atoms. The van der Waals surface area contributed by atoms with Gasteiger partial charge in [0.2, 0.25) is 0 Å². The van der Waals surface area contributed by atoms with Crippen molar-refractivity contribution in [1.29, 1.82) is 0 Å². The van der Waals surface area contributed by atoms with Gasteiger partial charge in [-0.15, -0.1) is 0 Å². The molecule has 1 heterocycles. The molecule has 1 fully saturated rings. The van der Waals surface area contributed by atoms with Crippen LogP contribution < -0.4 is 15.0 Å². The Hall–Kier alpha value is -3.08. The van der Waals surface area contributed by atoms with Crippen LogP contribution in [0.5, 0.6) is 5.75 Å². The average Bonchev–Trinajstić information content (AvgIpc) is 2.91. The van der Waals surface area contributed by atoms with E-state index in [0.29, 0.717) is 12.3 Å². The molecule has 3 rings (SSSR count). The number of urea groups is 1. The average molecular weight is 364 g/mol. The second kappa shape index (κ2) is 7.66. The summed E-state index contributed by atoms with van der Waals surface area (Å²) in [6, 6.07) is 12.5. The number of aryl methyl sites for hydroxylation is 1. The van der Waals surface area contributed by atoms with Crippen molar-refractivity contribution in [2.75, 3.05) is 11.5 Å². The van der Waals surface area contributed by atoms with E-state index in [9.17, 15) is 9.59 Å². The summed E-state index contributed by atoms with van der Waals surface area (Å²) in [5.74, 6) is 0.782. The van der Waals surface area contributed by atoms with Crippen molar-refractivity contribution in [1.82, 2.24) is 5.32 Å². The van der Waals surface area contributed by atoms with Crippen molar-refractivity contribution < 1.29 is 14.3 Å². The van der Waals surface area contributed by atoms with E-state index in [0.717, 1.165) is 27.3 Å². The third kappa shape index (κ3) is 3.72. The zero-order chi connectivity index (χ0) is 19.6. The van der Waals surface area contributed by atoms with Crippen LogP contribution in [0.2, 0.25) is 0 Å². The maximum Gasteiger partial charge on any atom is 0.333 e. The monoisotopic (exact) mass is 364 g/mol. The van der Waals surface area contributed by atoms with E-state index >= 15 is 0 Å². The van der Waals surface area contributed by atoms with Gasteiger partial charge < -0.3 is 10.1 Å². The number of anilines is 1. The fourth-order valence-corrected chi connectivity index (χ4v) is 3.11. The van der Waals surface area contributed by atoms with Crippen LogP contribution in [-0.4, -0.2) is 18.5 Å². The molecule has 0 saturated carbocycles. The maximum atomic E-state index is 12.8. The summed E-state index contributed by atoms with van der Waals surface area (Å²) in [6.07, 6.45) is 1.74. The lowest BCUT2D eigenvalue weighted by Crippen LogP contribution is -2.30. The lowest BCUT2D eigenvalue weighted by Gasteiger charge is -2.16. The number of nitrogens with zero attached hydrogens (tertiary/aromatic N) is 1. The van der Waals surface area contributed by atoms with Gasteiger partial charge in [0, 0.05) is 0 Å². The second-order valence-corrected chi connectivity index (χ2v) is 6.80. The number of amides is 3. The summed E-state index contributed by atoms with van der Waals surface area (Å²) < 4.78 is 5.75. The minimum atomic E-state index is -0.440. The molecule has 140 valence electrons. The highest BCUT2D eigenvalue weighted by molar-refractivity contribution is 6.28. The summed E-state index contributed by atoms with van der Waals surface area (Å²) in [5, 5.41) is 2.68. The molecule has 2 aromatic rings. The highest BCUT2D eigenvalue weighted by atomic mass is 16.5. The van der Waals surface area contributed by atoms with Gasteiger partial charge in [0.1, 0.15) is 11.4 Å². The first kappa shape index (κ1) is 18.7. The Morgan fingerprint density at radius 1 is 1.15 bits per heavy atom. The molecule has 2 aromatic carbocycles. The predicted octanol–water partition coefficient (Wildman–Crippen LogP) is 4.61. The fraction of sp³-hybridized carbons (Fsp3) is 0.273. The Bertz CT molecular complexity index is 901. The lowest BCUT2D eigenvalue weighted by molar-refractivity contribution is -0.113. The summed E-state index contributed by atoms with van der Waals surface area (Å²) >= 11 is 0. The first-order valence-electron chi connectivity index (χ1n) is 9.12. The highest BCUT2D eigenvalue weighted by Crippen LogP contribution is 2.31. The van der Waals surface area contributed by atoms with Gasteiger partial charge in [-0.2, -0.15) is 0 Å². The number of para-hydroxylation sites is 1. The molecule has 1 saturated heterocycles. The van der Waals surface area contributed by atoms with Crippen LogP contribution in [0.1, 0.15) is 43.4 Å². The highest BCUT2D eigenvalue weighted by Gasteiger charge is 2.34. The lowest BCUT2D eigenvalue weighted by atomic mass is 9.96. The number of imide groups is 1. The van der Waals surface area contributed by atoms with E-state index < -0.39 is 6.03 Å². The van der Waals surface area contributed by atoms with Gasteiger partial charge in [-0.05, 0) is 66.8 Å². The Morgan fingerprint density at radius 3 is 2.48 bits per heavy atom. The normalized spacial score (nSPS) is 15.6. The molecule has 1 aliphatic heterocycles. The third-order valence-electron chi connectivity index (χ3n) is 4.51. The third-order valence-corrected chi connectivity index (χ3v) is 4.51. The molecule has 0 unspecified atom stereocenters. The Labute approximate surface area is 159 Å². The molecule has 1 aliphatic rings. The van der Waals surface area contributed by atoms with Crippen LogP contribution in [-0.2, 0) is 4.79 Å². The van der Waals surface area contributed by atoms with Crippen LogP contribution in [0.15, 0.2) is 48.2 Å². The Balaban J connectivity index is 1.98. The van der Waals surface area contributed by atoms with Gasteiger partial charge in [0.25, 0.3) is 5.91 Å². The first-order valence-corrected chi connectivity index (χ1v) is 9.12. The quantitative estimate of drug-likeness (QED) is 0.622. The van der Waals surface area contributed by atoms with Crippen molar-refractivity contribution in [3.8, 4) is 5.75 Å². The topological polar surface area (TPSA) is 58.6 Å². The minimum Gasteiger partial charge on any atom is -0.494 e. The summed E-state index contributed by atoms with van der Waals surface area (Å²) in [7, 11) is 0. The van der Waals surface area contributed by atoms with E-state index in [2.05, 4.69) is 19.2 Å². The second-order valence-electron chi connectivity index (χ2n) is 6.80. The molecule has 0 aliphatic carbocycles. The molecular weight excluding hydrogens is 340 g/mol. The number of carbonyl (C=O) groups excluding carboxylic acids is 2. The largest absolute Gasteiger partial charge is 0.494 e. The van der Waals surface area contributed by atoms with E-state index in [1.54, 1.807) is 30.3 Å². The van der Waals surface area contributed by atoms with E-state index in [4.69, 9.17) is 4.74 Å². The van der Waals surface area contributed by atoms with Gasteiger partial charge >= 0.3 is 6.03 Å². The summed E-state index contributed by atoms with van der Waals surface area (Å²) in [4.78, 5) is 26.2.